The number of hydrogen-bond donors (Lipinski definition) is 2. The van der Waals surface area contributed by atoms with Crippen molar-refractivity contribution in [3.05, 3.63) is 24.0 Å². The van der Waals surface area contributed by atoms with Crippen LogP contribution in [0, 0.1) is 5.92 Å². The molecule has 0 unspecified atom stereocenters. The van der Waals surface area contributed by atoms with Crippen molar-refractivity contribution in [1.29, 1.82) is 0 Å². The van der Waals surface area contributed by atoms with E-state index in [1.54, 1.807) is 0 Å². The van der Waals surface area contributed by atoms with E-state index < -0.39 is 0 Å². The maximum absolute atomic E-state index is 11.3. The Kier molecular flexibility index (Phi) is 6.50. The van der Waals surface area contributed by atoms with Gasteiger partial charge in [0.25, 0.3) is 0 Å². The topological polar surface area (TPSA) is 46.1 Å². The average Bonchev–Trinajstić information content (AvgIpc) is 2.76. The highest BCUT2D eigenvalue weighted by atomic mass is 16.1. The summed E-state index contributed by atoms with van der Waals surface area (Å²) in [7, 11) is 0. The van der Waals surface area contributed by atoms with Gasteiger partial charge in [0.05, 0.1) is 0 Å². The van der Waals surface area contributed by atoms with E-state index in [1.807, 2.05) is 13.8 Å². The van der Waals surface area contributed by atoms with Gasteiger partial charge in [-0.2, -0.15) is 0 Å². The lowest BCUT2D eigenvalue weighted by Crippen LogP contribution is -2.34. The summed E-state index contributed by atoms with van der Waals surface area (Å²) in [6.45, 7) is 9.40. The second-order valence-electron chi connectivity index (χ2n) is 4.88. The number of rotatable bonds is 8. The van der Waals surface area contributed by atoms with Gasteiger partial charge in [-0.3, -0.25) is 4.79 Å². The lowest BCUT2D eigenvalue weighted by atomic mass is 10.2. The van der Waals surface area contributed by atoms with Crippen LogP contribution in [0.3, 0.4) is 0 Å². The molecule has 1 aromatic rings. The fourth-order valence-corrected chi connectivity index (χ4v) is 1.70. The monoisotopic (exact) mass is 251 g/mol. The molecule has 0 aliphatic rings. The molecule has 0 aliphatic carbocycles. The standard InChI is InChI=1S/C14H25N3O/c1-4-8-17-9-5-13(11-17)10-15-6-7-16-14(18)12(2)3/h5,9,11-12,15H,4,6-8,10H2,1-3H3,(H,16,18). The van der Waals surface area contributed by atoms with Crippen molar-refractivity contribution in [3.63, 3.8) is 0 Å². The van der Waals surface area contributed by atoms with Gasteiger partial charge in [-0.1, -0.05) is 20.8 Å². The number of aryl methyl sites for hydroxylation is 1. The van der Waals surface area contributed by atoms with E-state index >= 15 is 0 Å². The summed E-state index contributed by atoms with van der Waals surface area (Å²) in [6, 6.07) is 2.13. The predicted molar refractivity (Wildman–Crippen MR) is 74.3 cm³/mol. The van der Waals surface area contributed by atoms with E-state index in [0.717, 1.165) is 26.1 Å². The molecular weight excluding hydrogens is 226 g/mol. The maximum atomic E-state index is 11.3. The molecule has 4 heteroatoms. The molecule has 0 atom stereocenters. The van der Waals surface area contributed by atoms with Crippen molar-refractivity contribution in [2.75, 3.05) is 13.1 Å². The van der Waals surface area contributed by atoms with Crippen LogP contribution >= 0.6 is 0 Å². The van der Waals surface area contributed by atoms with Gasteiger partial charge in [0.1, 0.15) is 0 Å². The number of nitrogens with zero attached hydrogens (tertiary/aromatic N) is 1. The Bertz CT molecular complexity index is 358. The Morgan fingerprint density at radius 2 is 2.17 bits per heavy atom. The third-order valence-electron chi connectivity index (χ3n) is 2.75. The van der Waals surface area contributed by atoms with E-state index in [0.29, 0.717) is 6.54 Å². The molecule has 1 amide bonds. The molecule has 102 valence electrons. The molecule has 0 fully saturated rings. The largest absolute Gasteiger partial charge is 0.355 e. The summed E-state index contributed by atoms with van der Waals surface area (Å²) in [4.78, 5) is 11.3. The molecule has 1 aromatic heterocycles. The molecule has 0 saturated heterocycles. The minimum absolute atomic E-state index is 0.0630. The Labute approximate surface area is 110 Å². The van der Waals surface area contributed by atoms with Crippen LogP contribution in [0.4, 0.5) is 0 Å². The molecule has 1 rings (SSSR count). The Balaban J connectivity index is 2.12. The zero-order chi connectivity index (χ0) is 13.4. The van der Waals surface area contributed by atoms with Crippen molar-refractivity contribution < 1.29 is 4.79 Å². The summed E-state index contributed by atoms with van der Waals surface area (Å²) in [6.07, 6.45) is 5.44. The summed E-state index contributed by atoms with van der Waals surface area (Å²) in [5, 5.41) is 6.21. The van der Waals surface area contributed by atoms with Gasteiger partial charge >= 0.3 is 0 Å². The third-order valence-corrected chi connectivity index (χ3v) is 2.75. The SMILES string of the molecule is CCCn1ccc(CNCCNC(=O)C(C)C)c1. The van der Waals surface area contributed by atoms with Crippen LogP contribution in [0.15, 0.2) is 18.5 Å². The molecule has 2 N–H and O–H groups in total. The second kappa shape index (κ2) is 7.93. The fourth-order valence-electron chi connectivity index (χ4n) is 1.70. The number of amides is 1. The average molecular weight is 251 g/mol. The third kappa shape index (κ3) is 5.36. The molecule has 0 saturated carbocycles. The summed E-state index contributed by atoms with van der Waals surface area (Å²) < 4.78 is 2.21. The van der Waals surface area contributed by atoms with Gasteiger partial charge in [-0.05, 0) is 18.1 Å². The van der Waals surface area contributed by atoms with Crippen LogP contribution in [-0.4, -0.2) is 23.6 Å². The summed E-state index contributed by atoms with van der Waals surface area (Å²) in [5.74, 6) is 0.180. The van der Waals surface area contributed by atoms with Crippen molar-refractivity contribution >= 4 is 5.91 Å². The van der Waals surface area contributed by atoms with Crippen molar-refractivity contribution in [2.45, 2.75) is 40.3 Å². The van der Waals surface area contributed by atoms with E-state index in [4.69, 9.17) is 0 Å². The van der Waals surface area contributed by atoms with Crippen LogP contribution in [0.25, 0.3) is 0 Å². The summed E-state index contributed by atoms with van der Waals surface area (Å²) >= 11 is 0. The van der Waals surface area contributed by atoms with Gasteiger partial charge in [-0.15, -0.1) is 0 Å². The van der Waals surface area contributed by atoms with Gasteiger partial charge in [-0.25, -0.2) is 0 Å². The van der Waals surface area contributed by atoms with Crippen molar-refractivity contribution in [3.8, 4) is 0 Å². The molecule has 1 heterocycles. The van der Waals surface area contributed by atoms with E-state index in [1.165, 1.54) is 5.56 Å². The normalized spacial score (nSPS) is 10.9. The number of hydrogen-bond acceptors (Lipinski definition) is 2. The van der Waals surface area contributed by atoms with Gasteiger partial charge in [0.15, 0.2) is 0 Å². The molecule has 18 heavy (non-hydrogen) atoms. The molecule has 0 aromatic carbocycles. The molecule has 4 nitrogen and oxygen atoms in total. The first-order valence-electron chi connectivity index (χ1n) is 6.76. The first-order chi connectivity index (χ1) is 8.63. The Hall–Kier alpha value is -1.29. The van der Waals surface area contributed by atoms with Crippen LogP contribution in [0.1, 0.15) is 32.8 Å². The van der Waals surface area contributed by atoms with Gasteiger partial charge in [0.2, 0.25) is 5.91 Å². The fraction of sp³-hybridized carbons (Fsp3) is 0.643. The van der Waals surface area contributed by atoms with Gasteiger partial charge in [0, 0.05) is 44.5 Å². The van der Waals surface area contributed by atoms with Crippen LogP contribution < -0.4 is 10.6 Å². The summed E-state index contributed by atoms with van der Waals surface area (Å²) in [5.41, 5.74) is 1.29. The number of aromatic nitrogens is 1. The molecule has 0 radical (unpaired) electrons. The number of carbonyl (C=O) groups excluding carboxylic acids is 1. The molecule has 0 aliphatic heterocycles. The first-order valence-corrected chi connectivity index (χ1v) is 6.76. The van der Waals surface area contributed by atoms with Crippen LogP contribution in [-0.2, 0) is 17.9 Å². The molecule has 0 spiro atoms. The second-order valence-corrected chi connectivity index (χ2v) is 4.88. The highest BCUT2D eigenvalue weighted by Gasteiger charge is 2.04. The highest BCUT2D eigenvalue weighted by molar-refractivity contribution is 5.77. The van der Waals surface area contributed by atoms with E-state index in [2.05, 4.69) is 40.6 Å². The molecular formula is C14H25N3O. The molecule has 0 bridgehead atoms. The predicted octanol–water partition coefficient (Wildman–Crippen LogP) is 1.76. The first kappa shape index (κ1) is 14.8. The lowest BCUT2D eigenvalue weighted by Gasteiger charge is -2.08. The smallest absolute Gasteiger partial charge is 0.222 e. The minimum atomic E-state index is 0.0630. The van der Waals surface area contributed by atoms with E-state index in [-0.39, 0.29) is 11.8 Å². The maximum Gasteiger partial charge on any atom is 0.222 e. The zero-order valence-electron chi connectivity index (χ0n) is 11.7. The van der Waals surface area contributed by atoms with Crippen LogP contribution in [0.5, 0.6) is 0 Å². The lowest BCUT2D eigenvalue weighted by molar-refractivity contribution is -0.123. The van der Waals surface area contributed by atoms with Crippen molar-refractivity contribution in [2.24, 2.45) is 5.92 Å². The number of nitrogens with one attached hydrogen (secondary N) is 2. The van der Waals surface area contributed by atoms with E-state index in [9.17, 15) is 4.79 Å². The Morgan fingerprint density at radius 1 is 1.39 bits per heavy atom. The highest BCUT2D eigenvalue weighted by Crippen LogP contribution is 2.01. The number of carbonyl (C=O) groups is 1. The van der Waals surface area contributed by atoms with Crippen molar-refractivity contribution in [1.82, 2.24) is 15.2 Å². The Morgan fingerprint density at radius 3 is 2.83 bits per heavy atom. The van der Waals surface area contributed by atoms with Crippen LogP contribution in [0.2, 0.25) is 0 Å². The minimum Gasteiger partial charge on any atom is -0.355 e. The zero-order valence-corrected chi connectivity index (χ0v) is 11.7. The van der Waals surface area contributed by atoms with Gasteiger partial charge < -0.3 is 15.2 Å². The quantitative estimate of drug-likeness (QED) is 0.692.